The predicted octanol–water partition coefficient (Wildman–Crippen LogP) is 3.41. The molecule has 3 heteroatoms. The lowest BCUT2D eigenvalue weighted by Crippen LogP contribution is -1.93. The van der Waals surface area contributed by atoms with Gasteiger partial charge in [-0.25, -0.2) is 0 Å². The molecule has 0 radical (unpaired) electrons. The van der Waals surface area contributed by atoms with E-state index in [1.54, 1.807) is 0 Å². The Balaban J connectivity index is 2.00. The first kappa shape index (κ1) is 13.4. The van der Waals surface area contributed by atoms with Crippen LogP contribution in [0.15, 0.2) is 43.0 Å². The zero-order valence-corrected chi connectivity index (χ0v) is 10.9. The Morgan fingerprint density at radius 1 is 1.19 bits per heavy atom. The van der Waals surface area contributed by atoms with Crippen LogP contribution in [-0.2, 0) is 11.2 Å². The monoisotopic (exact) mass is 252 g/mol. The van der Waals surface area contributed by atoms with E-state index in [1.807, 2.05) is 17.8 Å². The zero-order chi connectivity index (χ0) is 11.6. The average molecular weight is 252 g/mol. The number of carbonyl (C=O) groups is 1. The van der Waals surface area contributed by atoms with Gasteiger partial charge in [-0.2, -0.15) is 11.8 Å². The maximum Gasteiger partial charge on any atom is 0.211 e. The van der Waals surface area contributed by atoms with Crippen LogP contribution in [0.3, 0.4) is 0 Å². The molecule has 1 rings (SSSR count). The van der Waals surface area contributed by atoms with E-state index < -0.39 is 0 Å². The molecule has 86 valence electrons. The Morgan fingerprint density at radius 3 is 2.62 bits per heavy atom. The van der Waals surface area contributed by atoms with Gasteiger partial charge in [0.15, 0.2) is 0 Å². The van der Waals surface area contributed by atoms with Crippen LogP contribution in [0.4, 0.5) is 0 Å². The van der Waals surface area contributed by atoms with E-state index in [0.717, 1.165) is 23.7 Å². The molecule has 0 amide bonds. The van der Waals surface area contributed by atoms with Crippen molar-refractivity contribution in [1.29, 1.82) is 0 Å². The summed E-state index contributed by atoms with van der Waals surface area (Å²) in [6.45, 7) is 3.44. The lowest BCUT2D eigenvalue weighted by molar-refractivity contribution is -0.107. The Hall–Kier alpha value is -0.670. The van der Waals surface area contributed by atoms with E-state index in [4.69, 9.17) is 0 Å². The lowest BCUT2D eigenvalue weighted by Gasteiger charge is -2.01. The SMILES string of the molecule is C=CC(=O)SCCSCCc1ccccc1. The van der Waals surface area contributed by atoms with Crippen molar-refractivity contribution in [1.82, 2.24) is 0 Å². The smallest absolute Gasteiger partial charge is 0.211 e. The second kappa shape index (κ2) is 8.48. The van der Waals surface area contributed by atoms with Crippen molar-refractivity contribution >= 4 is 28.6 Å². The quantitative estimate of drug-likeness (QED) is 0.547. The summed E-state index contributed by atoms with van der Waals surface area (Å²) in [5.41, 5.74) is 1.38. The van der Waals surface area contributed by atoms with Gasteiger partial charge < -0.3 is 0 Å². The van der Waals surface area contributed by atoms with Gasteiger partial charge in [0.25, 0.3) is 0 Å². The lowest BCUT2D eigenvalue weighted by atomic mass is 10.2. The summed E-state index contributed by atoms with van der Waals surface area (Å²) in [5, 5.41) is 0.0728. The molecule has 0 atom stereocenters. The molecule has 0 saturated heterocycles. The van der Waals surface area contributed by atoms with Crippen molar-refractivity contribution in [2.45, 2.75) is 6.42 Å². The largest absolute Gasteiger partial charge is 0.282 e. The minimum Gasteiger partial charge on any atom is -0.282 e. The van der Waals surface area contributed by atoms with Gasteiger partial charge in [-0.1, -0.05) is 48.7 Å². The molecule has 0 aliphatic carbocycles. The third-order valence-corrected chi connectivity index (χ3v) is 4.12. The third kappa shape index (κ3) is 6.03. The Kier molecular flexibility index (Phi) is 7.10. The highest BCUT2D eigenvalue weighted by Gasteiger charge is 1.96. The number of hydrogen-bond acceptors (Lipinski definition) is 3. The van der Waals surface area contributed by atoms with E-state index in [0.29, 0.717) is 0 Å². The molecule has 0 bridgehead atoms. The van der Waals surface area contributed by atoms with Crippen molar-refractivity contribution in [3.8, 4) is 0 Å². The molecule has 0 aromatic heterocycles. The van der Waals surface area contributed by atoms with Crippen molar-refractivity contribution in [2.75, 3.05) is 17.3 Å². The van der Waals surface area contributed by atoms with E-state index in [-0.39, 0.29) is 5.12 Å². The number of rotatable bonds is 7. The number of hydrogen-bond donors (Lipinski definition) is 0. The fraction of sp³-hybridized carbons (Fsp3) is 0.308. The van der Waals surface area contributed by atoms with Crippen LogP contribution in [0.2, 0.25) is 0 Å². The second-order valence-electron chi connectivity index (χ2n) is 3.22. The molecule has 0 spiro atoms. The van der Waals surface area contributed by atoms with Crippen molar-refractivity contribution in [2.24, 2.45) is 0 Å². The van der Waals surface area contributed by atoms with E-state index in [2.05, 4.69) is 30.8 Å². The number of thioether (sulfide) groups is 2. The number of carbonyl (C=O) groups excluding carboxylic acids is 1. The maximum atomic E-state index is 10.9. The summed E-state index contributed by atoms with van der Waals surface area (Å²) in [7, 11) is 0. The van der Waals surface area contributed by atoms with Gasteiger partial charge in [0.05, 0.1) is 0 Å². The summed E-state index contributed by atoms with van der Waals surface area (Å²) < 4.78 is 0. The molecule has 16 heavy (non-hydrogen) atoms. The van der Waals surface area contributed by atoms with Crippen LogP contribution >= 0.6 is 23.5 Å². The standard InChI is InChI=1S/C13H16OS2/c1-2-13(14)16-11-10-15-9-8-12-6-4-3-5-7-12/h2-7H,1,8-11H2. The highest BCUT2D eigenvalue weighted by Crippen LogP contribution is 2.10. The summed E-state index contributed by atoms with van der Waals surface area (Å²) >= 11 is 3.24. The maximum absolute atomic E-state index is 10.9. The molecule has 0 fully saturated rings. The molecule has 0 saturated carbocycles. The predicted molar refractivity (Wildman–Crippen MR) is 75.1 cm³/mol. The molecular formula is C13H16OS2. The summed E-state index contributed by atoms with van der Waals surface area (Å²) in [5.74, 6) is 3.02. The zero-order valence-electron chi connectivity index (χ0n) is 9.22. The van der Waals surface area contributed by atoms with Crippen LogP contribution in [0.5, 0.6) is 0 Å². The summed E-state index contributed by atoms with van der Waals surface area (Å²) in [6.07, 6.45) is 2.48. The topological polar surface area (TPSA) is 17.1 Å². The first-order valence-corrected chi connectivity index (χ1v) is 7.38. The van der Waals surface area contributed by atoms with Crippen LogP contribution in [0.25, 0.3) is 0 Å². The van der Waals surface area contributed by atoms with Gasteiger partial charge in [-0.3, -0.25) is 4.79 Å². The summed E-state index contributed by atoms with van der Waals surface area (Å²) in [6, 6.07) is 10.5. The van der Waals surface area contributed by atoms with Gasteiger partial charge in [0.1, 0.15) is 0 Å². The molecular weight excluding hydrogens is 236 g/mol. The van der Waals surface area contributed by atoms with Gasteiger partial charge in [0.2, 0.25) is 5.12 Å². The molecule has 0 aliphatic rings. The molecule has 0 N–H and O–H groups in total. The highest BCUT2D eigenvalue weighted by molar-refractivity contribution is 8.14. The Morgan fingerprint density at radius 2 is 1.94 bits per heavy atom. The summed E-state index contributed by atoms with van der Waals surface area (Å²) in [4.78, 5) is 10.9. The van der Waals surface area contributed by atoms with E-state index in [1.165, 1.54) is 23.4 Å². The first-order valence-electron chi connectivity index (χ1n) is 5.24. The van der Waals surface area contributed by atoms with E-state index in [9.17, 15) is 4.79 Å². The second-order valence-corrected chi connectivity index (χ2v) is 5.54. The number of benzene rings is 1. The minimum atomic E-state index is 0.0728. The van der Waals surface area contributed by atoms with Gasteiger partial charge in [-0.15, -0.1) is 0 Å². The van der Waals surface area contributed by atoms with Crippen LogP contribution in [-0.4, -0.2) is 22.4 Å². The Bertz CT molecular complexity index is 322. The van der Waals surface area contributed by atoms with Gasteiger partial charge in [-0.05, 0) is 23.8 Å². The van der Waals surface area contributed by atoms with Crippen molar-refractivity contribution in [3.05, 3.63) is 48.6 Å². The Labute approximate surface area is 106 Å². The molecule has 0 aliphatic heterocycles. The van der Waals surface area contributed by atoms with Crippen LogP contribution in [0, 0.1) is 0 Å². The highest BCUT2D eigenvalue weighted by atomic mass is 32.2. The van der Waals surface area contributed by atoms with Crippen LogP contribution < -0.4 is 0 Å². The molecule has 1 nitrogen and oxygen atoms in total. The van der Waals surface area contributed by atoms with E-state index >= 15 is 0 Å². The fourth-order valence-electron chi connectivity index (χ4n) is 1.20. The van der Waals surface area contributed by atoms with Crippen molar-refractivity contribution < 1.29 is 4.79 Å². The van der Waals surface area contributed by atoms with Gasteiger partial charge in [0, 0.05) is 11.5 Å². The molecule has 0 heterocycles. The fourth-order valence-corrected chi connectivity index (χ4v) is 2.90. The third-order valence-electron chi connectivity index (χ3n) is 2.02. The normalized spacial score (nSPS) is 10.0. The van der Waals surface area contributed by atoms with Crippen LogP contribution in [0.1, 0.15) is 5.56 Å². The average Bonchev–Trinajstić information content (AvgIpc) is 2.34. The molecule has 1 aromatic rings. The minimum absolute atomic E-state index is 0.0728. The molecule has 1 aromatic carbocycles. The number of aryl methyl sites for hydroxylation is 1. The first-order chi connectivity index (χ1) is 7.83. The van der Waals surface area contributed by atoms with Gasteiger partial charge >= 0.3 is 0 Å². The van der Waals surface area contributed by atoms with Crippen molar-refractivity contribution in [3.63, 3.8) is 0 Å². The molecule has 0 unspecified atom stereocenters.